The fourth-order valence-corrected chi connectivity index (χ4v) is 3.11. The molecule has 0 unspecified atom stereocenters. The van der Waals surface area contributed by atoms with Crippen molar-refractivity contribution >= 4 is 0 Å². The van der Waals surface area contributed by atoms with Crippen LogP contribution in [0.15, 0.2) is 71.9 Å². The minimum absolute atomic E-state index is 0.0571. The van der Waals surface area contributed by atoms with Crippen LogP contribution in [-0.2, 0) is 6.42 Å². The number of hydrogen-bond donors (Lipinski definition) is 0. The summed E-state index contributed by atoms with van der Waals surface area (Å²) in [6.45, 7) is 1.96. The van der Waals surface area contributed by atoms with E-state index in [0.29, 0.717) is 5.82 Å². The number of benzene rings is 2. The van der Waals surface area contributed by atoms with Gasteiger partial charge in [0.05, 0.1) is 13.3 Å². The van der Waals surface area contributed by atoms with Gasteiger partial charge in [-0.3, -0.25) is 9.36 Å². The molecule has 0 atom stereocenters. The third-order valence-electron chi connectivity index (χ3n) is 4.66. The number of halogens is 1. The van der Waals surface area contributed by atoms with Crippen LogP contribution in [0, 0.1) is 5.82 Å². The normalized spacial score (nSPS) is 10.9. The van der Waals surface area contributed by atoms with Crippen molar-refractivity contribution in [1.29, 1.82) is 0 Å². The number of imidazole rings is 1. The van der Waals surface area contributed by atoms with Gasteiger partial charge in [0.1, 0.15) is 17.3 Å². The molecule has 7 heteroatoms. The molecule has 0 spiro atoms. The summed E-state index contributed by atoms with van der Waals surface area (Å²) >= 11 is 0. The van der Waals surface area contributed by atoms with Gasteiger partial charge in [0.25, 0.3) is 5.43 Å². The first kappa shape index (κ1) is 18.6. The lowest BCUT2D eigenvalue weighted by atomic mass is 10.1. The summed E-state index contributed by atoms with van der Waals surface area (Å²) in [4.78, 5) is 17.3. The van der Waals surface area contributed by atoms with Crippen LogP contribution in [0.3, 0.4) is 0 Å². The highest BCUT2D eigenvalue weighted by Crippen LogP contribution is 2.21. The van der Waals surface area contributed by atoms with Crippen LogP contribution in [0.25, 0.3) is 22.9 Å². The van der Waals surface area contributed by atoms with Gasteiger partial charge in [-0.15, -0.1) is 5.10 Å². The predicted molar refractivity (Wildman–Crippen MR) is 108 cm³/mol. The molecular weight excluding hydrogens is 371 g/mol. The maximum atomic E-state index is 14.7. The van der Waals surface area contributed by atoms with Crippen molar-refractivity contribution in [3.05, 3.63) is 88.7 Å². The molecule has 0 amide bonds. The Morgan fingerprint density at radius 2 is 1.93 bits per heavy atom. The second kappa shape index (κ2) is 7.71. The number of nitrogens with zero attached hydrogens (tertiary/aromatic N) is 4. The van der Waals surface area contributed by atoms with E-state index in [1.807, 2.05) is 43.3 Å². The summed E-state index contributed by atoms with van der Waals surface area (Å²) in [5.41, 5.74) is 1.51. The van der Waals surface area contributed by atoms with Gasteiger partial charge in [0, 0.05) is 18.0 Å². The first-order valence-electron chi connectivity index (χ1n) is 9.18. The van der Waals surface area contributed by atoms with E-state index >= 15 is 0 Å². The number of aryl methyl sites for hydroxylation is 1. The first-order valence-corrected chi connectivity index (χ1v) is 9.18. The summed E-state index contributed by atoms with van der Waals surface area (Å²) < 4.78 is 22.8. The number of aromatic nitrogens is 4. The number of rotatable bonds is 5. The molecule has 2 aromatic heterocycles. The Bertz CT molecular complexity index is 1220. The van der Waals surface area contributed by atoms with Crippen molar-refractivity contribution in [1.82, 2.24) is 19.3 Å². The number of methoxy groups -OCH3 is 1. The van der Waals surface area contributed by atoms with Crippen LogP contribution in [0.4, 0.5) is 4.39 Å². The molecule has 0 saturated heterocycles. The molecule has 0 fully saturated rings. The van der Waals surface area contributed by atoms with Crippen molar-refractivity contribution < 1.29 is 9.13 Å². The lowest BCUT2D eigenvalue weighted by Gasteiger charge is -2.13. The largest absolute Gasteiger partial charge is 0.491 e. The molecule has 0 saturated carbocycles. The second-order valence-corrected chi connectivity index (χ2v) is 6.42. The van der Waals surface area contributed by atoms with Gasteiger partial charge in [-0.05, 0) is 24.1 Å². The summed E-state index contributed by atoms with van der Waals surface area (Å²) in [7, 11) is 1.40. The molecule has 2 heterocycles. The molecular formula is C22H19FN4O2. The molecule has 2 aromatic carbocycles. The molecule has 0 bridgehead atoms. The van der Waals surface area contributed by atoms with Gasteiger partial charge >= 0.3 is 0 Å². The molecule has 0 aliphatic heterocycles. The van der Waals surface area contributed by atoms with E-state index in [2.05, 4.69) is 10.1 Å². The topological polar surface area (TPSA) is 61.9 Å². The smallest absolute Gasteiger partial charge is 0.266 e. The van der Waals surface area contributed by atoms with Crippen molar-refractivity contribution in [2.75, 3.05) is 7.11 Å². The third kappa shape index (κ3) is 3.42. The van der Waals surface area contributed by atoms with E-state index in [1.54, 1.807) is 23.0 Å². The van der Waals surface area contributed by atoms with Crippen LogP contribution in [0.5, 0.6) is 5.75 Å². The summed E-state index contributed by atoms with van der Waals surface area (Å²) in [5, 5.41) is 4.40. The van der Waals surface area contributed by atoms with E-state index < -0.39 is 11.2 Å². The fraction of sp³-hybridized carbons (Fsp3) is 0.136. The van der Waals surface area contributed by atoms with Crippen molar-refractivity contribution in [2.24, 2.45) is 0 Å². The van der Waals surface area contributed by atoms with Crippen LogP contribution < -0.4 is 10.2 Å². The minimum atomic E-state index is -0.428. The quantitative estimate of drug-likeness (QED) is 0.520. The number of hydrogen-bond acceptors (Lipinski definition) is 4. The minimum Gasteiger partial charge on any atom is -0.491 e. The Morgan fingerprint density at radius 1 is 1.14 bits per heavy atom. The van der Waals surface area contributed by atoms with Crippen LogP contribution in [-0.4, -0.2) is 26.4 Å². The van der Waals surface area contributed by atoms with E-state index in [4.69, 9.17) is 4.74 Å². The van der Waals surface area contributed by atoms with Crippen molar-refractivity contribution in [2.45, 2.75) is 13.3 Å². The Balaban J connectivity index is 1.92. The average molecular weight is 390 g/mol. The van der Waals surface area contributed by atoms with E-state index in [1.165, 1.54) is 24.1 Å². The Kier molecular flexibility index (Phi) is 4.95. The Hall–Kier alpha value is -3.74. The maximum Gasteiger partial charge on any atom is 0.266 e. The number of ether oxygens (including phenoxy) is 1. The monoisotopic (exact) mass is 390 g/mol. The highest BCUT2D eigenvalue weighted by atomic mass is 19.1. The van der Waals surface area contributed by atoms with Crippen molar-refractivity contribution in [3.8, 4) is 28.6 Å². The summed E-state index contributed by atoms with van der Waals surface area (Å²) in [5.74, 6) is 0.251. The summed E-state index contributed by atoms with van der Waals surface area (Å²) in [6.07, 6.45) is 5.34. The van der Waals surface area contributed by atoms with Crippen molar-refractivity contribution in [3.63, 3.8) is 0 Å². The fourth-order valence-electron chi connectivity index (χ4n) is 3.11. The van der Waals surface area contributed by atoms with Gasteiger partial charge in [0.2, 0.25) is 5.82 Å². The molecule has 0 aliphatic rings. The van der Waals surface area contributed by atoms with Gasteiger partial charge < -0.3 is 4.74 Å². The molecule has 4 rings (SSSR count). The van der Waals surface area contributed by atoms with Gasteiger partial charge in [-0.2, -0.15) is 0 Å². The second-order valence-electron chi connectivity index (χ2n) is 6.42. The zero-order chi connectivity index (χ0) is 20.4. The molecule has 6 nitrogen and oxygen atoms in total. The van der Waals surface area contributed by atoms with E-state index in [0.717, 1.165) is 17.5 Å². The highest BCUT2D eigenvalue weighted by Gasteiger charge is 2.18. The first-order chi connectivity index (χ1) is 14.1. The molecule has 29 heavy (non-hydrogen) atoms. The van der Waals surface area contributed by atoms with Crippen LogP contribution in [0.2, 0.25) is 0 Å². The maximum absolute atomic E-state index is 14.7. The Labute approximate surface area is 166 Å². The lowest BCUT2D eigenvalue weighted by molar-refractivity contribution is 0.404. The molecule has 146 valence electrons. The van der Waals surface area contributed by atoms with Crippen LogP contribution >= 0.6 is 0 Å². The van der Waals surface area contributed by atoms with E-state index in [9.17, 15) is 9.18 Å². The van der Waals surface area contributed by atoms with Gasteiger partial charge in [-0.25, -0.2) is 14.1 Å². The highest BCUT2D eigenvalue weighted by molar-refractivity contribution is 5.58. The zero-order valence-electron chi connectivity index (χ0n) is 16.0. The van der Waals surface area contributed by atoms with E-state index in [-0.39, 0.29) is 17.3 Å². The Morgan fingerprint density at radius 3 is 2.62 bits per heavy atom. The summed E-state index contributed by atoms with van der Waals surface area (Å²) in [6, 6.07) is 14.4. The standard InChI is InChI=1S/C22H19FN4O2/c1-3-15-9-10-18(17(23)13-15)27-14-19(29-2)20(28)22(25-27)26-12-11-24-21(26)16-7-5-4-6-8-16/h4-14H,3H2,1-2H3. The lowest BCUT2D eigenvalue weighted by Crippen LogP contribution is -2.21. The molecule has 0 N–H and O–H groups in total. The molecule has 4 aromatic rings. The SMILES string of the molecule is CCc1ccc(-n2cc(OC)c(=O)c(-n3ccnc3-c3ccccc3)n2)c(F)c1. The van der Waals surface area contributed by atoms with Gasteiger partial charge in [-0.1, -0.05) is 43.3 Å². The average Bonchev–Trinajstić information content (AvgIpc) is 3.24. The van der Waals surface area contributed by atoms with Crippen LogP contribution in [0.1, 0.15) is 12.5 Å². The predicted octanol–water partition coefficient (Wildman–Crippen LogP) is 3.80. The molecule has 0 radical (unpaired) electrons. The molecule has 0 aliphatic carbocycles. The third-order valence-corrected chi connectivity index (χ3v) is 4.66. The zero-order valence-corrected chi connectivity index (χ0v) is 16.0. The van der Waals surface area contributed by atoms with Gasteiger partial charge in [0.15, 0.2) is 5.75 Å².